The van der Waals surface area contributed by atoms with Gasteiger partial charge in [-0.1, -0.05) is 12.5 Å². The molecule has 1 fully saturated rings. The lowest BCUT2D eigenvalue weighted by molar-refractivity contribution is -0.148. The van der Waals surface area contributed by atoms with Gasteiger partial charge in [-0.3, -0.25) is 14.7 Å². The van der Waals surface area contributed by atoms with E-state index in [1.807, 2.05) is 6.07 Å². The molecule has 0 radical (unpaired) electrons. The number of rotatable bonds is 3. The number of carboxylic acids is 1. The second-order valence-corrected chi connectivity index (χ2v) is 5.81. The fraction of sp³-hybridized carbons (Fsp3) is 0.400. The highest BCUT2D eigenvalue weighted by Gasteiger charge is 2.45. The Morgan fingerprint density at radius 1 is 1.48 bits per heavy atom. The summed E-state index contributed by atoms with van der Waals surface area (Å²) in [6.45, 7) is 1.70. The number of aromatic nitrogens is 2. The van der Waals surface area contributed by atoms with Gasteiger partial charge in [0.15, 0.2) is 0 Å². The standard InChI is InChI=1S/C15H17N3O3/c1-15(14(20)21)6-2-3-12(15)17-13(19)9-4-5-10-8-16-18-11(10)7-9/h4-5,7-8,12H,2-3,6H2,1H3,(H,16,18)(H,17,19)(H,20,21). The van der Waals surface area contributed by atoms with Crippen molar-refractivity contribution in [1.82, 2.24) is 15.5 Å². The Labute approximate surface area is 121 Å². The largest absolute Gasteiger partial charge is 0.481 e. The predicted octanol–water partition coefficient (Wildman–Crippen LogP) is 1.94. The minimum atomic E-state index is -0.881. The number of hydrogen-bond acceptors (Lipinski definition) is 3. The van der Waals surface area contributed by atoms with Crippen LogP contribution in [-0.4, -0.2) is 33.2 Å². The molecule has 6 nitrogen and oxygen atoms in total. The molecule has 2 aromatic rings. The van der Waals surface area contributed by atoms with Crippen molar-refractivity contribution < 1.29 is 14.7 Å². The second kappa shape index (κ2) is 4.87. The monoisotopic (exact) mass is 287 g/mol. The van der Waals surface area contributed by atoms with Crippen molar-refractivity contribution in [3.8, 4) is 0 Å². The van der Waals surface area contributed by atoms with Crippen LogP contribution < -0.4 is 5.32 Å². The van der Waals surface area contributed by atoms with E-state index in [1.54, 1.807) is 25.3 Å². The van der Waals surface area contributed by atoms with E-state index in [2.05, 4.69) is 15.5 Å². The first-order valence-electron chi connectivity index (χ1n) is 6.98. The number of carbonyl (C=O) groups is 2. The molecule has 2 unspecified atom stereocenters. The highest BCUT2D eigenvalue weighted by molar-refractivity contribution is 5.98. The van der Waals surface area contributed by atoms with Crippen LogP contribution in [0.1, 0.15) is 36.5 Å². The van der Waals surface area contributed by atoms with E-state index in [0.29, 0.717) is 18.4 Å². The van der Waals surface area contributed by atoms with Gasteiger partial charge in [0.25, 0.3) is 5.91 Å². The molecule has 1 aromatic heterocycles. The van der Waals surface area contributed by atoms with Crippen LogP contribution in [0.25, 0.3) is 10.9 Å². The zero-order valence-corrected chi connectivity index (χ0v) is 11.7. The van der Waals surface area contributed by atoms with Gasteiger partial charge in [-0.2, -0.15) is 5.10 Å². The number of benzene rings is 1. The molecule has 1 aliphatic carbocycles. The molecule has 1 amide bonds. The Hall–Kier alpha value is -2.37. The van der Waals surface area contributed by atoms with E-state index in [1.165, 1.54) is 0 Å². The number of carbonyl (C=O) groups excluding carboxylic acids is 1. The van der Waals surface area contributed by atoms with Gasteiger partial charge >= 0.3 is 5.97 Å². The van der Waals surface area contributed by atoms with E-state index in [-0.39, 0.29) is 11.9 Å². The zero-order chi connectivity index (χ0) is 15.0. The van der Waals surface area contributed by atoms with Gasteiger partial charge in [0.05, 0.1) is 17.1 Å². The summed E-state index contributed by atoms with van der Waals surface area (Å²) in [6.07, 6.45) is 3.79. The van der Waals surface area contributed by atoms with Crippen LogP contribution in [0, 0.1) is 5.41 Å². The molecule has 21 heavy (non-hydrogen) atoms. The Bertz CT molecular complexity index is 709. The number of nitrogens with one attached hydrogen (secondary N) is 2. The van der Waals surface area contributed by atoms with Crippen LogP contribution in [0.4, 0.5) is 0 Å². The SMILES string of the molecule is CC1(C(=O)O)CCCC1NC(=O)c1ccc2cn[nH]c2c1. The van der Waals surface area contributed by atoms with Gasteiger partial charge < -0.3 is 10.4 Å². The van der Waals surface area contributed by atoms with Crippen LogP contribution in [-0.2, 0) is 4.79 Å². The maximum atomic E-state index is 12.3. The van der Waals surface area contributed by atoms with E-state index >= 15 is 0 Å². The quantitative estimate of drug-likeness (QED) is 0.804. The summed E-state index contributed by atoms with van der Waals surface area (Å²) >= 11 is 0. The molecule has 0 saturated heterocycles. The Balaban J connectivity index is 1.81. The van der Waals surface area contributed by atoms with E-state index in [4.69, 9.17) is 0 Å². The lowest BCUT2D eigenvalue weighted by Gasteiger charge is -2.27. The summed E-state index contributed by atoms with van der Waals surface area (Å²) in [5.41, 5.74) is 0.412. The molecule has 0 bridgehead atoms. The van der Waals surface area contributed by atoms with Crippen LogP contribution in [0.2, 0.25) is 0 Å². The first-order valence-corrected chi connectivity index (χ1v) is 6.98. The smallest absolute Gasteiger partial charge is 0.311 e. The van der Waals surface area contributed by atoms with Crippen LogP contribution in [0.3, 0.4) is 0 Å². The van der Waals surface area contributed by atoms with E-state index in [0.717, 1.165) is 17.3 Å². The maximum Gasteiger partial charge on any atom is 0.311 e. The number of aliphatic carboxylic acids is 1. The molecule has 0 spiro atoms. The minimum absolute atomic E-state index is 0.245. The highest BCUT2D eigenvalue weighted by Crippen LogP contribution is 2.38. The molecule has 3 rings (SSSR count). The zero-order valence-electron chi connectivity index (χ0n) is 11.7. The molecule has 0 aliphatic heterocycles. The molecule has 6 heteroatoms. The molecular formula is C15H17N3O3. The number of fused-ring (bicyclic) bond motifs is 1. The van der Waals surface area contributed by atoms with Gasteiger partial charge in [0, 0.05) is 17.0 Å². The summed E-state index contributed by atoms with van der Waals surface area (Å²) < 4.78 is 0. The van der Waals surface area contributed by atoms with E-state index in [9.17, 15) is 14.7 Å². The first kappa shape index (κ1) is 13.6. The lowest BCUT2D eigenvalue weighted by Crippen LogP contribution is -2.47. The lowest BCUT2D eigenvalue weighted by atomic mass is 9.85. The van der Waals surface area contributed by atoms with Crippen molar-refractivity contribution in [2.75, 3.05) is 0 Å². The summed E-state index contributed by atoms with van der Waals surface area (Å²) in [6, 6.07) is 4.93. The molecule has 1 aliphatic rings. The number of H-pyrrole nitrogens is 1. The van der Waals surface area contributed by atoms with Gasteiger partial charge in [-0.25, -0.2) is 0 Å². The van der Waals surface area contributed by atoms with Crippen LogP contribution in [0.15, 0.2) is 24.4 Å². The molecular weight excluding hydrogens is 270 g/mol. The normalized spacial score (nSPS) is 25.1. The third-order valence-corrected chi connectivity index (χ3v) is 4.46. The maximum absolute atomic E-state index is 12.3. The van der Waals surface area contributed by atoms with E-state index < -0.39 is 11.4 Å². The average molecular weight is 287 g/mol. The number of amides is 1. The van der Waals surface area contributed by atoms with Crippen molar-refractivity contribution in [3.63, 3.8) is 0 Å². The number of carboxylic acid groups (broad SMARTS) is 1. The second-order valence-electron chi connectivity index (χ2n) is 5.81. The van der Waals surface area contributed by atoms with Crippen molar-refractivity contribution in [3.05, 3.63) is 30.0 Å². The molecule has 1 heterocycles. The minimum Gasteiger partial charge on any atom is -0.481 e. The summed E-state index contributed by atoms with van der Waals surface area (Å²) in [5, 5.41) is 19.9. The van der Waals surface area contributed by atoms with Crippen molar-refractivity contribution in [2.24, 2.45) is 5.41 Å². The Kier molecular flexibility index (Phi) is 3.16. The summed E-state index contributed by atoms with van der Waals surface area (Å²) in [4.78, 5) is 23.8. The summed E-state index contributed by atoms with van der Waals surface area (Å²) in [7, 11) is 0. The number of aromatic amines is 1. The predicted molar refractivity (Wildman–Crippen MR) is 76.9 cm³/mol. The number of nitrogens with zero attached hydrogens (tertiary/aromatic N) is 1. The van der Waals surface area contributed by atoms with Gasteiger partial charge in [0.2, 0.25) is 0 Å². The first-order chi connectivity index (χ1) is 10.0. The summed E-state index contributed by atoms with van der Waals surface area (Å²) in [5.74, 6) is -1.10. The van der Waals surface area contributed by atoms with Crippen molar-refractivity contribution >= 4 is 22.8 Å². The van der Waals surface area contributed by atoms with Crippen LogP contribution in [0.5, 0.6) is 0 Å². The van der Waals surface area contributed by atoms with Crippen molar-refractivity contribution in [1.29, 1.82) is 0 Å². The van der Waals surface area contributed by atoms with Crippen molar-refractivity contribution in [2.45, 2.75) is 32.2 Å². The molecule has 3 N–H and O–H groups in total. The third kappa shape index (κ3) is 2.26. The van der Waals surface area contributed by atoms with Gasteiger partial charge in [-0.05, 0) is 31.9 Å². The fourth-order valence-corrected chi connectivity index (χ4v) is 2.97. The molecule has 110 valence electrons. The number of hydrogen-bond donors (Lipinski definition) is 3. The Morgan fingerprint density at radius 2 is 2.29 bits per heavy atom. The van der Waals surface area contributed by atoms with Gasteiger partial charge in [-0.15, -0.1) is 0 Å². The van der Waals surface area contributed by atoms with Gasteiger partial charge in [0.1, 0.15) is 0 Å². The Morgan fingerprint density at radius 3 is 3.05 bits per heavy atom. The molecule has 1 saturated carbocycles. The average Bonchev–Trinajstić information content (AvgIpc) is 3.06. The fourth-order valence-electron chi connectivity index (χ4n) is 2.97. The van der Waals surface area contributed by atoms with Crippen LogP contribution >= 0.6 is 0 Å². The highest BCUT2D eigenvalue weighted by atomic mass is 16.4. The topological polar surface area (TPSA) is 95.1 Å². The molecule has 2 atom stereocenters. The third-order valence-electron chi connectivity index (χ3n) is 4.46. The molecule has 1 aromatic carbocycles.